The van der Waals surface area contributed by atoms with Crippen molar-refractivity contribution in [2.45, 2.75) is 39.2 Å². The molecule has 0 radical (unpaired) electrons. The Balaban J connectivity index is 2.51. The molecular formula is C9H20N2O. The Bertz CT molecular complexity index is 140. The molecule has 2 N–H and O–H groups in total. The Morgan fingerprint density at radius 1 is 1.33 bits per heavy atom. The zero-order valence-corrected chi connectivity index (χ0v) is 8.25. The molecule has 0 spiro atoms. The number of nitrogens with zero attached hydrogens (tertiary/aromatic N) is 1. The van der Waals surface area contributed by atoms with Crippen LogP contribution in [-0.2, 0) is 0 Å². The topological polar surface area (TPSA) is 35.5 Å². The van der Waals surface area contributed by atoms with E-state index in [-0.39, 0.29) is 0 Å². The maximum absolute atomic E-state index is 9.49. The van der Waals surface area contributed by atoms with Gasteiger partial charge in [-0.1, -0.05) is 26.7 Å². The minimum Gasteiger partial charge on any atom is -0.299 e. The average molecular weight is 172 g/mol. The molecule has 1 aliphatic carbocycles. The summed E-state index contributed by atoms with van der Waals surface area (Å²) in [5, 5.41) is 10.8. The number of hydroxylamine groups is 1. The molecule has 0 saturated heterocycles. The molecule has 0 aromatic carbocycles. The van der Waals surface area contributed by atoms with Crippen LogP contribution in [0.5, 0.6) is 0 Å². The first kappa shape index (κ1) is 9.96. The van der Waals surface area contributed by atoms with Crippen molar-refractivity contribution >= 4 is 0 Å². The average Bonchev–Trinajstić information content (AvgIpc) is 2.08. The van der Waals surface area contributed by atoms with Crippen LogP contribution >= 0.6 is 0 Å². The zero-order valence-electron chi connectivity index (χ0n) is 8.25. The van der Waals surface area contributed by atoms with Crippen molar-refractivity contribution in [1.82, 2.24) is 10.6 Å². The van der Waals surface area contributed by atoms with Crippen molar-refractivity contribution in [1.29, 1.82) is 0 Å². The van der Waals surface area contributed by atoms with Crippen LogP contribution in [0.1, 0.15) is 33.1 Å². The van der Waals surface area contributed by atoms with Crippen LogP contribution in [0.3, 0.4) is 0 Å². The third kappa shape index (κ3) is 1.97. The summed E-state index contributed by atoms with van der Waals surface area (Å²) >= 11 is 0. The van der Waals surface area contributed by atoms with Gasteiger partial charge in [-0.15, -0.1) is 5.17 Å². The van der Waals surface area contributed by atoms with Crippen molar-refractivity contribution < 1.29 is 5.21 Å². The van der Waals surface area contributed by atoms with Crippen molar-refractivity contribution in [2.75, 3.05) is 7.05 Å². The Kier molecular flexibility index (Phi) is 3.50. The number of hydrazine groups is 1. The van der Waals surface area contributed by atoms with E-state index >= 15 is 0 Å². The number of nitrogens with one attached hydrogen (secondary N) is 1. The summed E-state index contributed by atoms with van der Waals surface area (Å²) in [4.78, 5) is 0. The molecule has 1 fully saturated rings. The lowest BCUT2D eigenvalue weighted by Gasteiger charge is -2.37. The Hall–Kier alpha value is -0.120. The second-order valence-electron chi connectivity index (χ2n) is 3.90. The van der Waals surface area contributed by atoms with Gasteiger partial charge in [-0.2, -0.15) is 0 Å². The lowest BCUT2D eigenvalue weighted by molar-refractivity contribution is -0.187. The monoisotopic (exact) mass is 172 g/mol. The van der Waals surface area contributed by atoms with E-state index in [1.807, 2.05) is 0 Å². The fraction of sp³-hybridized carbons (Fsp3) is 1.00. The second-order valence-corrected chi connectivity index (χ2v) is 3.90. The molecule has 0 heterocycles. The lowest BCUT2D eigenvalue weighted by Crippen LogP contribution is -2.47. The molecule has 3 heteroatoms. The quantitative estimate of drug-likeness (QED) is 0.621. The van der Waals surface area contributed by atoms with Crippen molar-refractivity contribution in [3.63, 3.8) is 0 Å². The molecule has 3 atom stereocenters. The summed E-state index contributed by atoms with van der Waals surface area (Å²) in [6.45, 7) is 4.48. The Morgan fingerprint density at radius 3 is 2.58 bits per heavy atom. The lowest BCUT2D eigenvalue weighted by atomic mass is 9.78. The molecule has 0 aliphatic heterocycles. The first-order chi connectivity index (χ1) is 5.66. The van der Waals surface area contributed by atoms with Gasteiger partial charge in [0.15, 0.2) is 0 Å². The van der Waals surface area contributed by atoms with Gasteiger partial charge in [-0.3, -0.25) is 5.21 Å². The fourth-order valence-electron chi connectivity index (χ4n) is 2.06. The third-order valence-corrected chi connectivity index (χ3v) is 3.21. The molecule has 12 heavy (non-hydrogen) atoms. The van der Waals surface area contributed by atoms with Crippen LogP contribution < -0.4 is 5.43 Å². The molecular weight excluding hydrogens is 152 g/mol. The van der Waals surface area contributed by atoms with E-state index < -0.39 is 0 Å². The number of hydrogen-bond donors (Lipinski definition) is 2. The van der Waals surface area contributed by atoms with Gasteiger partial charge in [0.2, 0.25) is 0 Å². The highest BCUT2D eigenvalue weighted by atomic mass is 16.5. The highest BCUT2D eigenvalue weighted by molar-refractivity contribution is 4.80. The minimum atomic E-state index is 0.291. The number of hydrogen-bond acceptors (Lipinski definition) is 3. The fourth-order valence-corrected chi connectivity index (χ4v) is 2.06. The highest BCUT2D eigenvalue weighted by Gasteiger charge is 2.30. The van der Waals surface area contributed by atoms with E-state index in [9.17, 15) is 5.21 Å². The summed E-state index contributed by atoms with van der Waals surface area (Å²) in [7, 11) is 1.76. The highest BCUT2D eigenvalue weighted by Crippen LogP contribution is 2.31. The van der Waals surface area contributed by atoms with Crippen LogP contribution in [0.25, 0.3) is 0 Å². The van der Waals surface area contributed by atoms with E-state index in [1.165, 1.54) is 18.0 Å². The predicted octanol–water partition coefficient (Wildman–Crippen LogP) is 1.64. The van der Waals surface area contributed by atoms with Gasteiger partial charge in [0.1, 0.15) is 0 Å². The maximum atomic E-state index is 9.49. The summed E-state index contributed by atoms with van der Waals surface area (Å²) in [6.07, 6.45) is 3.63. The first-order valence-electron chi connectivity index (χ1n) is 4.82. The van der Waals surface area contributed by atoms with Crippen LogP contribution in [0.15, 0.2) is 0 Å². The predicted molar refractivity (Wildman–Crippen MR) is 48.7 cm³/mol. The maximum Gasteiger partial charge on any atom is 0.0538 e. The van der Waals surface area contributed by atoms with Crippen LogP contribution in [0, 0.1) is 11.8 Å². The molecule has 1 aliphatic rings. The Labute approximate surface area is 74.7 Å². The molecule has 0 amide bonds. The minimum absolute atomic E-state index is 0.291. The van der Waals surface area contributed by atoms with E-state index in [1.54, 1.807) is 7.05 Å². The summed E-state index contributed by atoms with van der Waals surface area (Å²) in [6, 6.07) is 0.291. The van der Waals surface area contributed by atoms with Gasteiger partial charge in [-0.25, -0.2) is 5.43 Å². The number of rotatable bonds is 2. The van der Waals surface area contributed by atoms with Crippen LogP contribution in [-0.4, -0.2) is 23.5 Å². The van der Waals surface area contributed by atoms with Gasteiger partial charge < -0.3 is 0 Å². The molecule has 0 aromatic heterocycles. The third-order valence-electron chi connectivity index (χ3n) is 3.21. The zero-order chi connectivity index (χ0) is 9.14. The van der Waals surface area contributed by atoms with Gasteiger partial charge in [0.25, 0.3) is 0 Å². The van der Waals surface area contributed by atoms with E-state index in [2.05, 4.69) is 19.3 Å². The SMILES string of the molecule is CNN(O)C1CCCC(C)[C@H]1C. The Morgan fingerprint density at radius 2 is 2.00 bits per heavy atom. The van der Waals surface area contributed by atoms with Crippen LogP contribution in [0.4, 0.5) is 0 Å². The van der Waals surface area contributed by atoms with E-state index in [0.717, 1.165) is 12.3 Å². The molecule has 72 valence electrons. The standard InChI is InChI=1S/C9H20N2O/c1-7-5-4-6-9(8(7)2)11(12)10-3/h7-10,12H,4-6H2,1-3H3/t7?,8-,9?/m1/s1. The van der Waals surface area contributed by atoms with Gasteiger partial charge >= 0.3 is 0 Å². The summed E-state index contributed by atoms with van der Waals surface area (Å²) < 4.78 is 0. The normalized spacial score (nSPS) is 37.2. The first-order valence-corrected chi connectivity index (χ1v) is 4.82. The van der Waals surface area contributed by atoms with E-state index in [4.69, 9.17) is 0 Å². The van der Waals surface area contributed by atoms with Crippen molar-refractivity contribution in [3.8, 4) is 0 Å². The van der Waals surface area contributed by atoms with Gasteiger partial charge in [0, 0.05) is 7.05 Å². The largest absolute Gasteiger partial charge is 0.299 e. The summed E-state index contributed by atoms with van der Waals surface area (Å²) in [5.74, 6) is 1.31. The molecule has 1 rings (SSSR count). The molecule has 0 bridgehead atoms. The second kappa shape index (κ2) is 4.21. The van der Waals surface area contributed by atoms with E-state index in [0.29, 0.717) is 12.0 Å². The molecule has 3 nitrogen and oxygen atoms in total. The van der Waals surface area contributed by atoms with Crippen molar-refractivity contribution in [2.24, 2.45) is 11.8 Å². The van der Waals surface area contributed by atoms with Gasteiger partial charge in [0.05, 0.1) is 6.04 Å². The smallest absolute Gasteiger partial charge is 0.0538 e. The summed E-state index contributed by atoms with van der Waals surface area (Å²) in [5.41, 5.74) is 2.77. The molecule has 1 saturated carbocycles. The van der Waals surface area contributed by atoms with Crippen molar-refractivity contribution in [3.05, 3.63) is 0 Å². The molecule has 2 unspecified atom stereocenters. The molecule has 0 aromatic rings. The van der Waals surface area contributed by atoms with Crippen LogP contribution in [0.2, 0.25) is 0 Å². The van der Waals surface area contributed by atoms with Gasteiger partial charge in [-0.05, 0) is 18.3 Å².